The van der Waals surface area contributed by atoms with Crippen molar-refractivity contribution < 1.29 is 4.92 Å². The van der Waals surface area contributed by atoms with Crippen molar-refractivity contribution in [1.29, 1.82) is 5.26 Å². The van der Waals surface area contributed by atoms with E-state index < -0.39 is 4.92 Å². The maximum atomic E-state index is 10.6. The van der Waals surface area contributed by atoms with Crippen LogP contribution in [-0.4, -0.2) is 36.1 Å². The number of nitriles is 1. The minimum Gasteiger partial charge on any atom is -0.353 e. The van der Waals surface area contributed by atoms with E-state index in [0.29, 0.717) is 5.82 Å². The molecular weight excluding hydrogens is 222 g/mol. The fraction of sp³-hybridized carbons (Fsp3) is 0.400. The van der Waals surface area contributed by atoms with Crippen LogP contribution in [0.1, 0.15) is 5.56 Å². The third-order valence-electron chi connectivity index (χ3n) is 2.60. The lowest BCUT2D eigenvalue weighted by atomic mass is 10.2. The minimum absolute atomic E-state index is 0.152. The highest BCUT2D eigenvalue weighted by atomic mass is 16.6. The Bertz CT molecular complexity index is 476. The van der Waals surface area contributed by atoms with Crippen molar-refractivity contribution in [2.75, 3.05) is 31.1 Å². The molecule has 7 heteroatoms. The highest BCUT2D eigenvalue weighted by molar-refractivity contribution is 5.57. The number of nitrogens with one attached hydrogen (secondary N) is 1. The summed E-state index contributed by atoms with van der Waals surface area (Å²) in [7, 11) is 0. The molecule has 1 saturated heterocycles. The molecule has 0 unspecified atom stereocenters. The van der Waals surface area contributed by atoms with Gasteiger partial charge in [0.2, 0.25) is 0 Å². The molecule has 2 rings (SSSR count). The van der Waals surface area contributed by atoms with Gasteiger partial charge >= 0.3 is 0 Å². The Morgan fingerprint density at radius 2 is 2.24 bits per heavy atom. The first-order valence-corrected chi connectivity index (χ1v) is 5.22. The molecule has 0 bridgehead atoms. The zero-order valence-electron chi connectivity index (χ0n) is 9.09. The first kappa shape index (κ1) is 11.3. The van der Waals surface area contributed by atoms with Gasteiger partial charge in [0.15, 0.2) is 0 Å². The van der Waals surface area contributed by atoms with Crippen LogP contribution in [0.4, 0.5) is 11.5 Å². The second-order valence-electron chi connectivity index (χ2n) is 3.67. The highest BCUT2D eigenvalue weighted by Gasteiger charge is 2.18. The molecule has 7 nitrogen and oxygen atoms in total. The van der Waals surface area contributed by atoms with Crippen molar-refractivity contribution in [3.8, 4) is 6.07 Å². The Hall–Kier alpha value is -2.20. The molecule has 1 aliphatic heterocycles. The van der Waals surface area contributed by atoms with Gasteiger partial charge in [0, 0.05) is 32.2 Å². The van der Waals surface area contributed by atoms with E-state index >= 15 is 0 Å². The molecular formula is C10H11N5O2. The number of aromatic nitrogens is 1. The summed E-state index contributed by atoms with van der Waals surface area (Å²) in [5.74, 6) is 0.527. The predicted molar refractivity (Wildman–Crippen MR) is 60.7 cm³/mol. The SMILES string of the molecule is N#Cc1cc([N+](=O)[O-])cnc1N1CCNCC1. The summed E-state index contributed by atoms with van der Waals surface area (Å²) in [4.78, 5) is 16.0. The van der Waals surface area contributed by atoms with Crippen molar-refractivity contribution >= 4 is 11.5 Å². The number of hydrogen-bond acceptors (Lipinski definition) is 6. The van der Waals surface area contributed by atoms with E-state index in [9.17, 15) is 10.1 Å². The van der Waals surface area contributed by atoms with Crippen LogP contribution in [0.2, 0.25) is 0 Å². The van der Waals surface area contributed by atoms with E-state index in [1.807, 2.05) is 11.0 Å². The van der Waals surface area contributed by atoms with Crippen molar-refractivity contribution in [3.05, 3.63) is 27.9 Å². The molecule has 1 aromatic rings. The third kappa shape index (κ3) is 2.32. The Kier molecular flexibility index (Phi) is 3.16. The van der Waals surface area contributed by atoms with Crippen molar-refractivity contribution in [3.63, 3.8) is 0 Å². The zero-order chi connectivity index (χ0) is 12.3. The van der Waals surface area contributed by atoms with E-state index in [2.05, 4.69) is 10.3 Å². The van der Waals surface area contributed by atoms with Crippen LogP contribution in [0.25, 0.3) is 0 Å². The number of piperazine rings is 1. The molecule has 0 spiro atoms. The van der Waals surface area contributed by atoms with Crippen molar-refractivity contribution in [2.45, 2.75) is 0 Å². The number of nitrogens with zero attached hydrogens (tertiary/aromatic N) is 4. The maximum Gasteiger partial charge on any atom is 0.289 e. The van der Waals surface area contributed by atoms with Gasteiger partial charge in [-0.15, -0.1) is 0 Å². The zero-order valence-corrected chi connectivity index (χ0v) is 9.09. The number of nitro groups is 1. The topological polar surface area (TPSA) is 95.1 Å². The summed E-state index contributed by atoms with van der Waals surface area (Å²) in [6.45, 7) is 3.14. The maximum absolute atomic E-state index is 10.6. The highest BCUT2D eigenvalue weighted by Crippen LogP contribution is 2.21. The van der Waals surface area contributed by atoms with E-state index in [0.717, 1.165) is 26.2 Å². The molecule has 88 valence electrons. The molecule has 0 radical (unpaired) electrons. The summed E-state index contributed by atoms with van der Waals surface area (Å²) in [6, 6.07) is 3.23. The van der Waals surface area contributed by atoms with Gasteiger partial charge in [-0.05, 0) is 0 Å². The smallest absolute Gasteiger partial charge is 0.289 e. The van der Waals surface area contributed by atoms with Crippen LogP contribution in [0.15, 0.2) is 12.3 Å². The van der Waals surface area contributed by atoms with Crippen LogP contribution < -0.4 is 10.2 Å². The van der Waals surface area contributed by atoms with E-state index in [1.165, 1.54) is 12.3 Å². The number of hydrogen-bond donors (Lipinski definition) is 1. The van der Waals surface area contributed by atoms with Crippen LogP contribution in [0.3, 0.4) is 0 Å². The fourth-order valence-electron chi connectivity index (χ4n) is 1.76. The molecule has 0 atom stereocenters. The van der Waals surface area contributed by atoms with Gasteiger partial charge in [0.25, 0.3) is 5.69 Å². The second-order valence-corrected chi connectivity index (χ2v) is 3.67. The molecule has 2 heterocycles. The summed E-state index contributed by atoms with van der Waals surface area (Å²) in [6.07, 6.45) is 1.19. The standard InChI is InChI=1S/C10H11N5O2/c11-6-8-5-9(15(16)17)7-13-10(8)14-3-1-12-2-4-14/h5,7,12H,1-4H2. The van der Waals surface area contributed by atoms with Crippen LogP contribution in [0.5, 0.6) is 0 Å². The monoisotopic (exact) mass is 233 g/mol. The fourth-order valence-corrected chi connectivity index (χ4v) is 1.76. The van der Waals surface area contributed by atoms with Crippen molar-refractivity contribution in [2.24, 2.45) is 0 Å². The predicted octanol–water partition coefficient (Wildman–Crippen LogP) is 0.271. The number of pyridine rings is 1. The van der Waals surface area contributed by atoms with Crippen LogP contribution in [0, 0.1) is 21.4 Å². The molecule has 17 heavy (non-hydrogen) atoms. The van der Waals surface area contributed by atoms with E-state index in [4.69, 9.17) is 5.26 Å². The van der Waals surface area contributed by atoms with E-state index in [1.54, 1.807) is 0 Å². The Labute approximate surface area is 97.8 Å². The Balaban J connectivity index is 2.34. The first-order chi connectivity index (χ1) is 8.22. The largest absolute Gasteiger partial charge is 0.353 e. The molecule has 1 N–H and O–H groups in total. The molecule has 0 saturated carbocycles. The molecule has 1 aliphatic rings. The quantitative estimate of drug-likeness (QED) is 0.582. The lowest BCUT2D eigenvalue weighted by Crippen LogP contribution is -2.44. The van der Waals surface area contributed by atoms with Gasteiger partial charge in [-0.3, -0.25) is 10.1 Å². The number of anilines is 1. The molecule has 0 amide bonds. The Morgan fingerprint density at radius 3 is 2.82 bits per heavy atom. The lowest BCUT2D eigenvalue weighted by molar-refractivity contribution is -0.385. The van der Waals surface area contributed by atoms with Gasteiger partial charge in [0.05, 0.1) is 4.92 Å². The normalized spacial score (nSPS) is 15.4. The third-order valence-corrected chi connectivity index (χ3v) is 2.60. The average Bonchev–Trinajstić information content (AvgIpc) is 2.39. The lowest BCUT2D eigenvalue weighted by Gasteiger charge is -2.28. The minimum atomic E-state index is -0.546. The van der Waals surface area contributed by atoms with Gasteiger partial charge < -0.3 is 10.2 Å². The molecule has 1 aromatic heterocycles. The molecule has 1 fully saturated rings. The summed E-state index contributed by atoms with van der Waals surface area (Å²) in [5, 5.41) is 22.8. The summed E-state index contributed by atoms with van der Waals surface area (Å²) < 4.78 is 0. The van der Waals surface area contributed by atoms with Crippen LogP contribution >= 0.6 is 0 Å². The van der Waals surface area contributed by atoms with Gasteiger partial charge in [-0.1, -0.05) is 0 Å². The average molecular weight is 233 g/mol. The first-order valence-electron chi connectivity index (χ1n) is 5.22. The van der Waals surface area contributed by atoms with Gasteiger partial charge in [-0.2, -0.15) is 5.26 Å². The van der Waals surface area contributed by atoms with Gasteiger partial charge in [0.1, 0.15) is 23.6 Å². The van der Waals surface area contributed by atoms with Crippen molar-refractivity contribution in [1.82, 2.24) is 10.3 Å². The number of rotatable bonds is 2. The molecule has 0 aromatic carbocycles. The summed E-state index contributed by atoms with van der Waals surface area (Å²) in [5.41, 5.74) is 0.0986. The van der Waals surface area contributed by atoms with Gasteiger partial charge in [-0.25, -0.2) is 4.98 Å². The molecule has 0 aliphatic carbocycles. The van der Waals surface area contributed by atoms with E-state index in [-0.39, 0.29) is 11.3 Å². The Morgan fingerprint density at radius 1 is 1.53 bits per heavy atom. The summed E-state index contributed by atoms with van der Waals surface area (Å²) >= 11 is 0. The second kappa shape index (κ2) is 4.76. The van der Waals surface area contributed by atoms with Crippen LogP contribution in [-0.2, 0) is 0 Å².